The summed E-state index contributed by atoms with van der Waals surface area (Å²) in [5.74, 6) is -0.651. The molecule has 1 heterocycles. The molecule has 0 atom stereocenters. The number of nitrogens with one attached hydrogen (secondary N) is 1. The Hall–Kier alpha value is -1.85. The Labute approximate surface area is 61.7 Å². The number of hydrogen-bond donors (Lipinski definition) is 5. The highest BCUT2D eigenvalue weighted by Gasteiger charge is 2.09. The molecule has 0 saturated heterocycles. The van der Waals surface area contributed by atoms with Gasteiger partial charge in [0.1, 0.15) is 11.4 Å². The zero-order chi connectivity index (χ0) is 8.59. The number of anilines is 3. The van der Waals surface area contributed by atoms with Crippen LogP contribution in [0.2, 0.25) is 0 Å². The van der Waals surface area contributed by atoms with Gasteiger partial charge in [0.2, 0.25) is 11.6 Å². The summed E-state index contributed by atoms with van der Waals surface area (Å²) in [4.78, 5) is 0. The van der Waals surface area contributed by atoms with Crippen LogP contribution in [0.4, 0.5) is 17.3 Å². The molecular weight excluding hydrogens is 148 g/mol. The number of nitrogen functional groups attached to an aromatic ring is 3. The monoisotopic (exact) mass is 156 g/mol. The third-order valence-electron chi connectivity index (χ3n) is 1.24. The summed E-state index contributed by atoms with van der Waals surface area (Å²) < 4.78 is 4.51. The Bertz CT molecular complexity index is 343. The molecule has 0 aliphatic heterocycles. The lowest BCUT2D eigenvalue weighted by Crippen LogP contribution is -2.08. The van der Waals surface area contributed by atoms with Gasteiger partial charge in [-0.3, -0.25) is 5.41 Å². The van der Waals surface area contributed by atoms with Crippen molar-refractivity contribution in [2.45, 2.75) is 0 Å². The number of hydrogen-bond acceptors (Lipinski definition) is 6. The molecular formula is C5H8N4O2. The van der Waals surface area contributed by atoms with E-state index in [0.29, 0.717) is 0 Å². The van der Waals surface area contributed by atoms with Gasteiger partial charge >= 0.3 is 0 Å². The van der Waals surface area contributed by atoms with E-state index in [1.165, 1.54) is 0 Å². The molecule has 0 aromatic carbocycles. The van der Waals surface area contributed by atoms with Crippen molar-refractivity contribution < 1.29 is 9.52 Å². The summed E-state index contributed by atoms with van der Waals surface area (Å²) in [7, 11) is 0. The second-order valence-corrected chi connectivity index (χ2v) is 1.97. The van der Waals surface area contributed by atoms with E-state index in [1.54, 1.807) is 0 Å². The zero-order valence-electron chi connectivity index (χ0n) is 5.59. The SMILES string of the molecule is N=c1oc(N)c(N)c(N)c1O. The van der Waals surface area contributed by atoms with Crippen LogP contribution in [-0.2, 0) is 0 Å². The molecule has 60 valence electrons. The molecule has 0 spiro atoms. The first-order chi connectivity index (χ1) is 5.04. The second kappa shape index (κ2) is 2.08. The Morgan fingerprint density at radius 2 is 1.73 bits per heavy atom. The predicted octanol–water partition coefficient (Wildman–Crippen LogP) is -0.789. The standard InChI is InChI=1S/C5H8N4O2/c6-1-2(7)4(8)11-5(9)3(1)10/h9-10H,6-8H2. The fourth-order valence-electron chi connectivity index (χ4n) is 0.596. The summed E-state index contributed by atoms with van der Waals surface area (Å²) in [6.45, 7) is 0. The van der Waals surface area contributed by atoms with Gasteiger partial charge in [-0.05, 0) is 0 Å². The van der Waals surface area contributed by atoms with Gasteiger partial charge in [0.25, 0.3) is 5.55 Å². The Morgan fingerprint density at radius 1 is 1.18 bits per heavy atom. The maximum atomic E-state index is 8.97. The van der Waals surface area contributed by atoms with Crippen LogP contribution < -0.4 is 22.8 Å². The summed E-state index contributed by atoms with van der Waals surface area (Å²) in [6, 6.07) is 0. The normalized spacial score (nSPS) is 9.82. The molecule has 11 heavy (non-hydrogen) atoms. The van der Waals surface area contributed by atoms with E-state index in [2.05, 4.69) is 4.42 Å². The van der Waals surface area contributed by atoms with E-state index in [-0.39, 0.29) is 17.3 Å². The molecule has 0 fully saturated rings. The lowest BCUT2D eigenvalue weighted by atomic mass is 10.3. The molecule has 0 aliphatic rings. The summed E-state index contributed by atoms with van der Waals surface area (Å²) >= 11 is 0. The van der Waals surface area contributed by atoms with Crippen LogP contribution in [-0.4, -0.2) is 5.11 Å². The van der Waals surface area contributed by atoms with Crippen molar-refractivity contribution in [1.29, 1.82) is 5.41 Å². The van der Waals surface area contributed by atoms with Crippen LogP contribution in [0.25, 0.3) is 0 Å². The fourth-order valence-corrected chi connectivity index (χ4v) is 0.596. The van der Waals surface area contributed by atoms with Gasteiger partial charge < -0.3 is 26.7 Å². The molecule has 1 aromatic heterocycles. The van der Waals surface area contributed by atoms with Gasteiger partial charge in [-0.1, -0.05) is 0 Å². The minimum absolute atomic E-state index is 0.0431. The minimum Gasteiger partial charge on any atom is -0.502 e. The first kappa shape index (κ1) is 7.26. The molecule has 8 N–H and O–H groups in total. The van der Waals surface area contributed by atoms with Crippen molar-refractivity contribution in [3.63, 3.8) is 0 Å². The molecule has 6 nitrogen and oxygen atoms in total. The molecule has 0 saturated carbocycles. The zero-order valence-corrected chi connectivity index (χ0v) is 5.59. The highest BCUT2D eigenvalue weighted by atomic mass is 16.4. The summed E-state index contributed by atoms with van der Waals surface area (Å²) in [6.07, 6.45) is 0. The topological polar surface area (TPSA) is 135 Å². The van der Waals surface area contributed by atoms with Gasteiger partial charge in [0.05, 0.1) is 0 Å². The molecule has 1 aromatic rings. The van der Waals surface area contributed by atoms with E-state index in [9.17, 15) is 0 Å². The number of aromatic hydroxyl groups is 1. The highest BCUT2D eigenvalue weighted by Crippen LogP contribution is 2.26. The van der Waals surface area contributed by atoms with Crippen LogP contribution in [0.1, 0.15) is 0 Å². The van der Waals surface area contributed by atoms with Gasteiger partial charge in [-0.25, -0.2) is 0 Å². The van der Waals surface area contributed by atoms with E-state index in [1.807, 2.05) is 0 Å². The van der Waals surface area contributed by atoms with E-state index in [0.717, 1.165) is 0 Å². The van der Waals surface area contributed by atoms with Crippen molar-refractivity contribution in [2.75, 3.05) is 17.2 Å². The van der Waals surface area contributed by atoms with E-state index >= 15 is 0 Å². The minimum atomic E-state index is -0.491. The summed E-state index contributed by atoms with van der Waals surface area (Å²) in [5.41, 5.74) is 15.0. The lowest BCUT2D eigenvalue weighted by molar-refractivity contribution is 0.409. The molecule has 0 aliphatic carbocycles. The maximum Gasteiger partial charge on any atom is 0.258 e. The third-order valence-corrected chi connectivity index (χ3v) is 1.24. The second-order valence-electron chi connectivity index (χ2n) is 1.97. The van der Waals surface area contributed by atoms with E-state index in [4.69, 9.17) is 27.7 Å². The van der Waals surface area contributed by atoms with Crippen LogP contribution >= 0.6 is 0 Å². The lowest BCUT2D eigenvalue weighted by Gasteiger charge is -2.03. The van der Waals surface area contributed by atoms with E-state index < -0.39 is 11.3 Å². The molecule has 0 bridgehead atoms. The van der Waals surface area contributed by atoms with Crippen LogP contribution in [0.3, 0.4) is 0 Å². The van der Waals surface area contributed by atoms with Gasteiger partial charge in [-0.2, -0.15) is 0 Å². The molecule has 0 amide bonds. The average Bonchev–Trinajstić information content (AvgIpc) is 1.97. The van der Waals surface area contributed by atoms with Gasteiger partial charge in [0, 0.05) is 0 Å². The smallest absolute Gasteiger partial charge is 0.258 e. The van der Waals surface area contributed by atoms with Crippen LogP contribution in [0, 0.1) is 5.41 Å². The largest absolute Gasteiger partial charge is 0.502 e. The summed E-state index contributed by atoms with van der Waals surface area (Å²) in [5, 5.41) is 15.9. The Morgan fingerprint density at radius 3 is 2.27 bits per heavy atom. The molecule has 0 radical (unpaired) electrons. The predicted molar refractivity (Wildman–Crippen MR) is 39.5 cm³/mol. The average molecular weight is 156 g/mol. The number of nitrogens with two attached hydrogens (primary N) is 3. The van der Waals surface area contributed by atoms with Gasteiger partial charge in [-0.15, -0.1) is 0 Å². The fraction of sp³-hybridized carbons (Fsp3) is 0. The quantitative estimate of drug-likeness (QED) is 0.335. The van der Waals surface area contributed by atoms with Crippen molar-refractivity contribution in [3.8, 4) is 5.75 Å². The Balaban J connectivity index is 3.59. The van der Waals surface area contributed by atoms with Gasteiger partial charge in [0.15, 0.2) is 0 Å². The van der Waals surface area contributed by atoms with Crippen LogP contribution in [0.15, 0.2) is 4.42 Å². The van der Waals surface area contributed by atoms with Crippen molar-refractivity contribution >= 4 is 17.3 Å². The number of rotatable bonds is 0. The van der Waals surface area contributed by atoms with Crippen molar-refractivity contribution in [3.05, 3.63) is 5.55 Å². The first-order valence-electron chi connectivity index (χ1n) is 2.75. The maximum absolute atomic E-state index is 8.97. The van der Waals surface area contributed by atoms with Crippen LogP contribution in [0.5, 0.6) is 5.75 Å². The van der Waals surface area contributed by atoms with Crippen molar-refractivity contribution in [1.82, 2.24) is 0 Å². The first-order valence-corrected chi connectivity index (χ1v) is 2.75. The third kappa shape index (κ3) is 0.936. The molecule has 1 rings (SSSR count). The molecule has 0 unspecified atom stereocenters. The highest BCUT2D eigenvalue weighted by molar-refractivity contribution is 5.76. The molecule has 6 heteroatoms. The Kier molecular flexibility index (Phi) is 1.37. The van der Waals surface area contributed by atoms with Crippen molar-refractivity contribution in [2.24, 2.45) is 0 Å².